The van der Waals surface area contributed by atoms with E-state index in [0.717, 1.165) is 35.4 Å². The molecule has 2 N–H and O–H groups in total. The van der Waals surface area contributed by atoms with Gasteiger partial charge in [0, 0.05) is 55.7 Å². The monoisotopic (exact) mass is 498 g/mol. The van der Waals surface area contributed by atoms with E-state index in [1.54, 1.807) is 24.7 Å². The zero-order chi connectivity index (χ0) is 25.5. The molecule has 11 nitrogen and oxygen atoms in total. The molecule has 2 amide bonds. The van der Waals surface area contributed by atoms with Crippen molar-refractivity contribution in [2.45, 2.75) is 6.92 Å². The molecule has 2 aliphatic rings. The maximum Gasteiger partial charge on any atom is 0.256 e. The Kier molecular flexibility index (Phi) is 5.67. The number of ether oxygens (including phenoxy) is 1. The Labute approximate surface area is 212 Å². The van der Waals surface area contributed by atoms with E-state index in [1.165, 1.54) is 4.80 Å². The van der Waals surface area contributed by atoms with Crippen LogP contribution in [0.15, 0.2) is 55.0 Å². The number of aryl methyl sites for hydroxylation is 1. The van der Waals surface area contributed by atoms with Crippen molar-refractivity contribution in [1.29, 1.82) is 0 Å². The molecule has 3 aromatic heterocycles. The van der Waals surface area contributed by atoms with Gasteiger partial charge in [-0.1, -0.05) is 11.6 Å². The molecule has 4 aromatic rings. The highest BCUT2D eigenvalue weighted by Gasteiger charge is 2.42. The summed E-state index contributed by atoms with van der Waals surface area (Å²) in [5.41, 5.74) is 8.22. The molecule has 0 aliphatic carbocycles. The van der Waals surface area contributed by atoms with Crippen LogP contribution in [0.1, 0.15) is 15.9 Å². The van der Waals surface area contributed by atoms with Crippen molar-refractivity contribution in [1.82, 2.24) is 29.9 Å². The first-order chi connectivity index (χ1) is 18.0. The second-order valence-corrected chi connectivity index (χ2v) is 9.58. The van der Waals surface area contributed by atoms with Crippen molar-refractivity contribution >= 4 is 28.5 Å². The lowest BCUT2D eigenvalue weighted by Gasteiger charge is -2.24. The van der Waals surface area contributed by atoms with Crippen LogP contribution in [0, 0.1) is 18.8 Å². The number of rotatable bonds is 6. The van der Waals surface area contributed by atoms with Crippen LogP contribution in [0.25, 0.3) is 16.6 Å². The lowest BCUT2D eigenvalue weighted by Crippen LogP contribution is -2.34. The van der Waals surface area contributed by atoms with Gasteiger partial charge in [-0.15, -0.1) is 0 Å². The number of nitrogens with two attached hydrogens (primary N) is 1. The molecule has 2 fully saturated rings. The van der Waals surface area contributed by atoms with Crippen LogP contribution in [0.5, 0.6) is 5.88 Å². The SMILES string of the molecule is Cc1ccc(-n2nccn2)c(C(=O)N2CC3CN(c4nccc5nc(OCC(N)=O)ccc45)CC3C2)c1. The Morgan fingerprint density at radius 1 is 1.00 bits per heavy atom. The van der Waals surface area contributed by atoms with E-state index >= 15 is 0 Å². The van der Waals surface area contributed by atoms with Crippen LogP contribution in [-0.2, 0) is 4.79 Å². The van der Waals surface area contributed by atoms with Gasteiger partial charge in [0.05, 0.1) is 29.2 Å². The minimum atomic E-state index is -0.551. The first kappa shape index (κ1) is 22.9. The average Bonchev–Trinajstić information content (AvgIpc) is 3.64. The van der Waals surface area contributed by atoms with E-state index in [0.29, 0.717) is 42.1 Å². The zero-order valence-corrected chi connectivity index (χ0v) is 20.3. The number of pyridine rings is 2. The normalized spacial score (nSPS) is 18.8. The van der Waals surface area contributed by atoms with E-state index in [9.17, 15) is 9.59 Å². The molecule has 11 heteroatoms. The minimum Gasteiger partial charge on any atom is -0.468 e. The predicted molar refractivity (Wildman–Crippen MR) is 135 cm³/mol. The first-order valence-corrected chi connectivity index (χ1v) is 12.1. The summed E-state index contributed by atoms with van der Waals surface area (Å²) in [4.78, 5) is 39.5. The number of aromatic nitrogens is 5. The Morgan fingerprint density at radius 3 is 2.49 bits per heavy atom. The molecule has 2 aliphatic heterocycles. The highest BCUT2D eigenvalue weighted by molar-refractivity contribution is 5.98. The number of nitrogens with zero attached hydrogens (tertiary/aromatic N) is 7. The lowest BCUT2D eigenvalue weighted by atomic mass is 10.0. The second kappa shape index (κ2) is 9.16. The first-order valence-electron chi connectivity index (χ1n) is 12.1. The van der Waals surface area contributed by atoms with Crippen LogP contribution >= 0.6 is 0 Å². The van der Waals surface area contributed by atoms with Gasteiger partial charge in [-0.05, 0) is 31.2 Å². The average molecular weight is 499 g/mol. The van der Waals surface area contributed by atoms with Gasteiger partial charge in [0.25, 0.3) is 11.8 Å². The number of carbonyl (C=O) groups excluding carboxylic acids is 2. The summed E-state index contributed by atoms with van der Waals surface area (Å²) in [6.07, 6.45) is 4.94. The number of hydrogen-bond donors (Lipinski definition) is 1. The molecule has 0 spiro atoms. The summed E-state index contributed by atoms with van der Waals surface area (Å²) in [6.45, 7) is 4.75. The Morgan fingerprint density at radius 2 is 1.76 bits per heavy atom. The zero-order valence-electron chi connectivity index (χ0n) is 20.3. The highest BCUT2D eigenvalue weighted by atomic mass is 16.5. The summed E-state index contributed by atoms with van der Waals surface area (Å²) in [7, 11) is 0. The van der Waals surface area contributed by atoms with Crippen molar-refractivity contribution < 1.29 is 14.3 Å². The van der Waals surface area contributed by atoms with Gasteiger partial charge in [-0.3, -0.25) is 9.59 Å². The Hall–Kier alpha value is -4.54. The third kappa shape index (κ3) is 4.32. The van der Waals surface area contributed by atoms with Crippen molar-refractivity contribution in [2.24, 2.45) is 17.6 Å². The highest BCUT2D eigenvalue weighted by Crippen LogP contribution is 2.36. The van der Waals surface area contributed by atoms with Gasteiger partial charge >= 0.3 is 0 Å². The summed E-state index contributed by atoms with van der Waals surface area (Å²) in [5.74, 6) is 1.37. The maximum atomic E-state index is 13.6. The fourth-order valence-electron chi connectivity index (χ4n) is 5.34. The van der Waals surface area contributed by atoms with Gasteiger partial charge in [0.15, 0.2) is 6.61 Å². The summed E-state index contributed by atoms with van der Waals surface area (Å²) in [6, 6.07) is 11.2. The summed E-state index contributed by atoms with van der Waals surface area (Å²) < 4.78 is 5.35. The largest absolute Gasteiger partial charge is 0.468 e. The van der Waals surface area contributed by atoms with E-state index in [2.05, 4.69) is 25.1 Å². The van der Waals surface area contributed by atoms with E-state index in [1.807, 2.05) is 42.2 Å². The smallest absolute Gasteiger partial charge is 0.256 e. The van der Waals surface area contributed by atoms with Crippen LogP contribution in [0.4, 0.5) is 5.82 Å². The number of carbonyl (C=O) groups is 2. The van der Waals surface area contributed by atoms with E-state index in [-0.39, 0.29) is 12.5 Å². The van der Waals surface area contributed by atoms with E-state index < -0.39 is 5.91 Å². The molecular weight excluding hydrogens is 472 g/mol. The third-order valence-corrected chi connectivity index (χ3v) is 7.02. The number of anilines is 1. The molecule has 5 heterocycles. The van der Waals surface area contributed by atoms with Crippen LogP contribution in [0.2, 0.25) is 0 Å². The van der Waals surface area contributed by atoms with Crippen molar-refractivity contribution in [3.8, 4) is 11.6 Å². The fraction of sp³-hybridized carbons (Fsp3) is 0.308. The van der Waals surface area contributed by atoms with Crippen molar-refractivity contribution in [2.75, 3.05) is 37.7 Å². The summed E-state index contributed by atoms with van der Waals surface area (Å²) >= 11 is 0. The van der Waals surface area contributed by atoms with Gasteiger partial charge in [-0.25, -0.2) is 9.97 Å². The molecule has 2 saturated heterocycles. The molecular formula is C26H26N8O3. The number of benzene rings is 1. The van der Waals surface area contributed by atoms with Gasteiger partial charge < -0.3 is 20.3 Å². The van der Waals surface area contributed by atoms with Crippen molar-refractivity contribution in [3.05, 3.63) is 66.1 Å². The summed E-state index contributed by atoms with van der Waals surface area (Å²) in [5, 5.41) is 9.36. The lowest BCUT2D eigenvalue weighted by molar-refractivity contribution is -0.120. The molecule has 37 heavy (non-hydrogen) atoms. The molecule has 0 saturated carbocycles. The fourth-order valence-corrected chi connectivity index (χ4v) is 5.34. The number of fused-ring (bicyclic) bond motifs is 2. The molecule has 1 aromatic carbocycles. The van der Waals surface area contributed by atoms with Gasteiger partial charge in [0.1, 0.15) is 5.82 Å². The third-order valence-electron chi connectivity index (χ3n) is 7.02. The second-order valence-electron chi connectivity index (χ2n) is 9.58. The van der Waals surface area contributed by atoms with Gasteiger partial charge in [0.2, 0.25) is 5.88 Å². The van der Waals surface area contributed by atoms with E-state index in [4.69, 9.17) is 10.5 Å². The standard InChI is InChI=1S/C26H26N8O3/c1-16-2-4-22(34-29-8-9-30-34)20(10-16)26(36)33-13-17-11-32(12-18(17)14-33)25-19-3-5-24(37-15-23(27)35)31-21(19)6-7-28-25/h2-10,17-18H,11-15H2,1H3,(H2,27,35). The maximum absolute atomic E-state index is 13.6. The topological polar surface area (TPSA) is 132 Å². The number of likely N-dealkylation sites (tertiary alicyclic amines) is 1. The molecule has 188 valence electrons. The minimum absolute atomic E-state index is 0.00734. The molecule has 0 bridgehead atoms. The number of primary amides is 1. The molecule has 6 rings (SSSR count). The van der Waals surface area contributed by atoms with Crippen LogP contribution in [0.3, 0.4) is 0 Å². The Balaban J connectivity index is 1.18. The van der Waals surface area contributed by atoms with Crippen LogP contribution in [-0.4, -0.2) is 74.5 Å². The quantitative estimate of drug-likeness (QED) is 0.424. The molecule has 2 unspecified atom stereocenters. The molecule has 2 atom stereocenters. The van der Waals surface area contributed by atoms with Gasteiger partial charge in [-0.2, -0.15) is 15.0 Å². The number of hydrogen-bond acceptors (Lipinski definition) is 8. The Bertz CT molecular complexity index is 1470. The molecule has 0 radical (unpaired) electrons. The van der Waals surface area contributed by atoms with Crippen molar-refractivity contribution in [3.63, 3.8) is 0 Å². The predicted octanol–water partition coefficient (Wildman–Crippen LogP) is 1.59. The van der Waals surface area contributed by atoms with Crippen LogP contribution < -0.4 is 15.4 Å². The number of amides is 2.